The van der Waals surface area contributed by atoms with Crippen molar-refractivity contribution < 1.29 is 4.79 Å². The van der Waals surface area contributed by atoms with E-state index in [4.69, 9.17) is 5.73 Å². The third-order valence-corrected chi connectivity index (χ3v) is 3.33. The molecule has 18 heavy (non-hydrogen) atoms. The van der Waals surface area contributed by atoms with Crippen LogP contribution in [0.5, 0.6) is 0 Å². The second kappa shape index (κ2) is 5.29. The van der Waals surface area contributed by atoms with Crippen molar-refractivity contribution in [3.05, 3.63) is 24.3 Å². The summed E-state index contributed by atoms with van der Waals surface area (Å²) in [5.74, 6) is 0.199. The lowest BCUT2D eigenvalue weighted by atomic mass is 10.2. The van der Waals surface area contributed by atoms with Gasteiger partial charge in [0.1, 0.15) is 0 Å². The Labute approximate surface area is 108 Å². The van der Waals surface area contributed by atoms with Crippen LogP contribution in [-0.2, 0) is 4.79 Å². The summed E-state index contributed by atoms with van der Waals surface area (Å²) in [6.07, 6.45) is 2.31. The van der Waals surface area contributed by atoms with Crippen LogP contribution >= 0.6 is 0 Å². The van der Waals surface area contributed by atoms with Gasteiger partial charge in [-0.25, -0.2) is 0 Å². The maximum atomic E-state index is 12.2. The number of nitrogen functional groups attached to an aromatic ring is 1. The van der Waals surface area contributed by atoms with E-state index in [-0.39, 0.29) is 5.91 Å². The lowest BCUT2D eigenvalue weighted by Gasteiger charge is -2.25. The summed E-state index contributed by atoms with van der Waals surface area (Å²) in [6.45, 7) is 3.25. The maximum Gasteiger partial charge on any atom is 0.242 e. The van der Waals surface area contributed by atoms with Crippen LogP contribution in [0.4, 0.5) is 11.4 Å². The monoisotopic (exact) mass is 247 g/mol. The molecule has 1 fully saturated rings. The van der Waals surface area contributed by atoms with Crippen LogP contribution in [0.1, 0.15) is 19.8 Å². The molecule has 1 aromatic rings. The molecule has 0 saturated heterocycles. The van der Waals surface area contributed by atoms with E-state index in [9.17, 15) is 4.79 Å². The third-order valence-electron chi connectivity index (χ3n) is 3.33. The largest absolute Gasteiger partial charge is 0.399 e. The average molecular weight is 247 g/mol. The summed E-state index contributed by atoms with van der Waals surface area (Å²) in [5, 5.41) is 0. The Kier molecular flexibility index (Phi) is 3.75. The Bertz CT molecular complexity index is 429. The number of carbonyl (C=O) groups is 1. The molecule has 4 nitrogen and oxygen atoms in total. The van der Waals surface area contributed by atoms with E-state index in [1.807, 2.05) is 48.0 Å². The van der Waals surface area contributed by atoms with Crippen LogP contribution in [0.25, 0.3) is 0 Å². The first kappa shape index (κ1) is 12.7. The zero-order valence-electron chi connectivity index (χ0n) is 11.1. The normalized spacial score (nSPS) is 14.3. The first-order valence-electron chi connectivity index (χ1n) is 6.48. The number of benzene rings is 1. The van der Waals surface area contributed by atoms with Crippen molar-refractivity contribution in [1.29, 1.82) is 0 Å². The molecular weight excluding hydrogens is 226 g/mol. The minimum absolute atomic E-state index is 0.199. The highest BCUT2D eigenvalue weighted by Gasteiger charge is 2.31. The number of rotatable bonds is 5. The van der Waals surface area contributed by atoms with Crippen LogP contribution in [0.2, 0.25) is 0 Å². The van der Waals surface area contributed by atoms with E-state index < -0.39 is 0 Å². The molecule has 0 bridgehead atoms. The lowest BCUT2D eigenvalue weighted by molar-refractivity contribution is -0.130. The fourth-order valence-electron chi connectivity index (χ4n) is 2.17. The van der Waals surface area contributed by atoms with Gasteiger partial charge in [0.15, 0.2) is 0 Å². The highest BCUT2D eigenvalue weighted by atomic mass is 16.2. The molecule has 0 aromatic heterocycles. The summed E-state index contributed by atoms with van der Waals surface area (Å²) < 4.78 is 0. The number of likely N-dealkylation sites (N-methyl/N-ethyl adjacent to an activating group) is 2. The summed E-state index contributed by atoms with van der Waals surface area (Å²) >= 11 is 0. The van der Waals surface area contributed by atoms with Crippen LogP contribution in [-0.4, -0.2) is 37.0 Å². The average Bonchev–Trinajstić information content (AvgIpc) is 3.14. The molecule has 1 aromatic carbocycles. The summed E-state index contributed by atoms with van der Waals surface area (Å²) in [5.41, 5.74) is 7.45. The second-order valence-electron chi connectivity index (χ2n) is 4.86. The van der Waals surface area contributed by atoms with Crippen LogP contribution in [0, 0.1) is 0 Å². The molecular formula is C14H21N3O. The van der Waals surface area contributed by atoms with Gasteiger partial charge in [0.05, 0.1) is 6.54 Å². The zero-order chi connectivity index (χ0) is 13.1. The van der Waals surface area contributed by atoms with Crippen LogP contribution in [0.3, 0.4) is 0 Å². The smallest absolute Gasteiger partial charge is 0.242 e. The van der Waals surface area contributed by atoms with E-state index >= 15 is 0 Å². The van der Waals surface area contributed by atoms with Crippen molar-refractivity contribution in [1.82, 2.24) is 4.90 Å². The zero-order valence-corrected chi connectivity index (χ0v) is 11.1. The highest BCUT2D eigenvalue weighted by Crippen LogP contribution is 2.27. The van der Waals surface area contributed by atoms with Crippen molar-refractivity contribution in [2.75, 3.05) is 30.8 Å². The highest BCUT2D eigenvalue weighted by molar-refractivity contribution is 5.82. The molecule has 0 heterocycles. The van der Waals surface area contributed by atoms with Gasteiger partial charge in [-0.15, -0.1) is 0 Å². The van der Waals surface area contributed by atoms with E-state index in [2.05, 4.69) is 0 Å². The number of amides is 1. The Morgan fingerprint density at radius 1 is 1.44 bits per heavy atom. The minimum atomic E-state index is 0.199. The lowest BCUT2D eigenvalue weighted by Crippen LogP contribution is -2.40. The maximum absolute atomic E-state index is 12.2. The van der Waals surface area contributed by atoms with Crippen molar-refractivity contribution >= 4 is 17.3 Å². The first-order chi connectivity index (χ1) is 8.61. The van der Waals surface area contributed by atoms with E-state index in [1.54, 1.807) is 0 Å². The predicted molar refractivity (Wildman–Crippen MR) is 74.5 cm³/mol. The van der Waals surface area contributed by atoms with Crippen molar-refractivity contribution in [2.45, 2.75) is 25.8 Å². The van der Waals surface area contributed by atoms with Gasteiger partial charge in [-0.2, -0.15) is 0 Å². The van der Waals surface area contributed by atoms with E-state index in [0.29, 0.717) is 12.6 Å². The Morgan fingerprint density at radius 2 is 2.17 bits per heavy atom. The van der Waals surface area contributed by atoms with Crippen LogP contribution < -0.4 is 10.6 Å². The first-order valence-corrected chi connectivity index (χ1v) is 6.48. The van der Waals surface area contributed by atoms with Gasteiger partial charge in [-0.05, 0) is 38.0 Å². The van der Waals surface area contributed by atoms with Gasteiger partial charge in [-0.3, -0.25) is 4.79 Å². The molecule has 1 amide bonds. The second-order valence-corrected chi connectivity index (χ2v) is 4.86. The quantitative estimate of drug-likeness (QED) is 0.806. The number of carbonyl (C=O) groups excluding carboxylic acids is 1. The number of hydrogen-bond acceptors (Lipinski definition) is 3. The molecule has 0 spiro atoms. The van der Waals surface area contributed by atoms with Gasteiger partial charge < -0.3 is 15.5 Å². The number of hydrogen-bond donors (Lipinski definition) is 1. The molecule has 2 rings (SSSR count). The standard InChI is InChI=1S/C14H21N3O/c1-3-17(12-7-8-12)14(18)10-16(2)13-6-4-5-11(15)9-13/h4-6,9,12H,3,7-8,10,15H2,1-2H3. The third kappa shape index (κ3) is 2.94. The molecule has 1 saturated carbocycles. The summed E-state index contributed by atoms with van der Waals surface area (Å²) in [7, 11) is 1.92. The van der Waals surface area contributed by atoms with E-state index in [0.717, 1.165) is 30.8 Å². The molecule has 4 heteroatoms. The van der Waals surface area contributed by atoms with Crippen LogP contribution in [0.15, 0.2) is 24.3 Å². The van der Waals surface area contributed by atoms with Gasteiger partial charge in [0.2, 0.25) is 5.91 Å². The van der Waals surface area contributed by atoms with Crippen molar-refractivity contribution in [2.24, 2.45) is 0 Å². The molecule has 0 unspecified atom stereocenters. The molecule has 0 radical (unpaired) electrons. The van der Waals surface area contributed by atoms with Crippen molar-refractivity contribution in [3.8, 4) is 0 Å². The Hall–Kier alpha value is -1.71. The molecule has 1 aliphatic carbocycles. The molecule has 1 aliphatic rings. The topological polar surface area (TPSA) is 49.6 Å². The Morgan fingerprint density at radius 3 is 2.72 bits per heavy atom. The number of nitrogens with zero attached hydrogens (tertiary/aromatic N) is 2. The molecule has 98 valence electrons. The molecule has 0 atom stereocenters. The molecule has 2 N–H and O–H groups in total. The summed E-state index contributed by atoms with van der Waals surface area (Å²) in [4.78, 5) is 16.1. The Balaban J connectivity index is 1.97. The fraction of sp³-hybridized carbons (Fsp3) is 0.500. The van der Waals surface area contributed by atoms with Gasteiger partial charge in [-0.1, -0.05) is 6.07 Å². The number of anilines is 2. The SMILES string of the molecule is CCN(C(=O)CN(C)c1cccc(N)c1)C1CC1. The fourth-order valence-corrected chi connectivity index (χ4v) is 2.17. The van der Waals surface area contributed by atoms with Gasteiger partial charge in [0, 0.05) is 31.0 Å². The summed E-state index contributed by atoms with van der Waals surface area (Å²) in [6, 6.07) is 8.10. The predicted octanol–water partition coefficient (Wildman–Crippen LogP) is 1.72. The molecule has 0 aliphatic heterocycles. The minimum Gasteiger partial charge on any atom is -0.399 e. The van der Waals surface area contributed by atoms with Gasteiger partial charge >= 0.3 is 0 Å². The number of nitrogens with two attached hydrogens (primary N) is 1. The van der Waals surface area contributed by atoms with Crippen molar-refractivity contribution in [3.63, 3.8) is 0 Å². The van der Waals surface area contributed by atoms with Gasteiger partial charge in [0.25, 0.3) is 0 Å². The van der Waals surface area contributed by atoms with E-state index in [1.165, 1.54) is 0 Å².